The van der Waals surface area contributed by atoms with Gasteiger partial charge in [0, 0.05) is 25.2 Å². The van der Waals surface area contributed by atoms with E-state index in [1.807, 2.05) is 18.2 Å². The standard InChI is InChI=1S/C18H20N2O3S/c21-24(22,16-6-2-1-3-7-16)20-12-14-8-9-18(17(14)13-20)23-15-5-4-10-19-11-15/h1-7,10-11,14,17-18H,8-9,12-13H2/t14-,17+,18-/m1/s1. The maximum absolute atomic E-state index is 12.8. The lowest BCUT2D eigenvalue weighted by molar-refractivity contribution is 0.154. The van der Waals surface area contributed by atoms with E-state index in [0.29, 0.717) is 23.9 Å². The predicted octanol–water partition coefficient (Wildman–Crippen LogP) is 2.56. The highest BCUT2D eigenvalue weighted by Gasteiger charge is 2.47. The van der Waals surface area contributed by atoms with Crippen molar-refractivity contribution in [1.29, 1.82) is 0 Å². The van der Waals surface area contributed by atoms with E-state index in [0.717, 1.165) is 18.6 Å². The number of ether oxygens (including phenoxy) is 1. The number of sulfonamides is 1. The Morgan fingerprint density at radius 3 is 2.62 bits per heavy atom. The Morgan fingerprint density at radius 2 is 1.88 bits per heavy atom. The normalized spacial score (nSPS) is 27.1. The summed E-state index contributed by atoms with van der Waals surface area (Å²) < 4.78 is 33.3. The van der Waals surface area contributed by atoms with Gasteiger partial charge in [0.25, 0.3) is 0 Å². The van der Waals surface area contributed by atoms with Gasteiger partial charge in [-0.15, -0.1) is 0 Å². The Morgan fingerprint density at radius 1 is 1.04 bits per heavy atom. The molecule has 0 amide bonds. The molecule has 1 saturated carbocycles. The molecule has 0 spiro atoms. The van der Waals surface area contributed by atoms with Gasteiger partial charge in [-0.05, 0) is 43.0 Å². The molecule has 0 radical (unpaired) electrons. The van der Waals surface area contributed by atoms with Gasteiger partial charge in [0.05, 0.1) is 11.1 Å². The Labute approximate surface area is 142 Å². The van der Waals surface area contributed by atoms with Gasteiger partial charge in [-0.3, -0.25) is 4.98 Å². The average Bonchev–Trinajstić information content (AvgIpc) is 3.19. The van der Waals surface area contributed by atoms with Crippen molar-refractivity contribution in [2.75, 3.05) is 13.1 Å². The molecule has 0 unspecified atom stereocenters. The molecule has 0 N–H and O–H groups in total. The summed E-state index contributed by atoms with van der Waals surface area (Å²) in [7, 11) is -3.41. The van der Waals surface area contributed by atoms with E-state index >= 15 is 0 Å². The minimum Gasteiger partial charge on any atom is -0.488 e. The highest BCUT2D eigenvalue weighted by Crippen LogP contribution is 2.41. The zero-order chi connectivity index (χ0) is 16.6. The number of nitrogens with zero attached hydrogens (tertiary/aromatic N) is 2. The van der Waals surface area contributed by atoms with Gasteiger partial charge in [0.2, 0.25) is 10.0 Å². The van der Waals surface area contributed by atoms with Crippen molar-refractivity contribution in [3.63, 3.8) is 0 Å². The quantitative estimate of drug-likeness (QED) is 0.855. The van der Waals surface area contributed by atoms with Crippen LogP contribution >= 0.6 is 0 Å². The lowest BCUT2D eigenvalue weighted by Crippen LogP contribution is -2.32. The van der Waals surface area contributed by atoms with E-state index in [9.17, 15) is 8.42 Å². The second kappa shape index (κ2) is 6.18. The fourth-order valence-corrected chi connectivity index (χ4v) is 5.41. The van der Waals surface area contributed by atoms with Crippen molar-refractivity contribution in [1.82, 2.24) is 9.29 Å². The van der Waals surface area contributed by atoms with Gasteiger partial charge in [0.15, 0.2) is 0 Å². The molecule has 1 saturated heterocycles. The van der Waals surface area contributed by atoms with Crippen molar-refractivity contribution >= 4 is 10.0 Å². The van der Waals surface area contributed by atoms with E-state index in [2.05, 4.69) is 4.98 Å². The Hall–Kier alpha value is -1.92. The molecule has 2 aromatic rings. The fraction of sp³-hybridized carbons (Fsp3) is 0.389. The molecule has 1 aromatic heterocycles. The second-order valence-electron chi connectivity index (χ2n) is 6.48. The van der Waals surface area contributed by atoms with Gasteiger partial charge in [-0.2, -0.15) is 4.31 Å². The summed E-state index contributed by atoms with van der Waals surface area (Å²) in [5.74, 6) is 1.39. The van der Waals surface area contributed by atoms with Crippen LogP contribution in [0.5, 0.6) is 5.75 Å². The summed E-state index contributed by atoms with van der Waals surface area (Å²) >= 11 is 0. The number of aromatic nitrogens is 1. The van der Waals surface area contributed by atoms with Crippen molar-refractivity contribution in [3.05, 3.63) is 54.9 Å². The maximum atomic E-state index is 12.8. The summed E-state index contributed by atoms with van der Waals surface area (Å²) in [6.07, 6.45) is 5.48. The van der Waals surface area contributed by atoms with Gasteiger partial charge < -0.3 is 4.74 Å². The van der Waals surface area contributed by atoms with Crippen molar-refractivity contribution in [2.45, 2.75) is 23.8 Å². The van der Waals surface area contributed by atoms with Crippen LogP contribution in [-0.4, -0.2) is 36.9 Å². The van der Waals surface area contributed by atoms with Crippen LogP contribution in [0.2, 0.25) is 0 Å². The molecular weight excluding hydrogens is 324 g/mol. The van der Waals surface area contributed by atoms with Crippen LogP contribution in [0.3, 0.4) is 0 Å². The lowest BCUT2D eigenvalue weighted by Gasteiger charge is -2.21. The largest absolute Gasteiger partial charge is 0.488 e. The van der Waals surface area contributed by atoms with E-state index in [-0.39, 0.29) is 12.0 Å². The van der Waals surface area contributed by atoms with Crippen LogP contribution in [0.4, 0.5) is 0 Å². The number of rotatable bonds is 4. The molecule has 5 nitrogen and oxygen atoms in total. The van der Waals surface area contributed by atoms with Gasteiger partial charge >= 0.3 is 0 Å². The minimum absolute atomic E-state index is 0.0650. The number of pyridine rings is 1. The zero-order valence-electron chi connectivity index (χ0n) is 13.3. The molecule has 2 aliphatic rings. The van der Waals surface area contributed by atoms with Crippen LogP contribution in [0, 0.1) is 11.8 Å². The molecular formula is C18H20N2O3S. The zero-order valence-corrected chi connectivity index (χ0v) is 14.1. The van der Waals surface area contributed by atoms with Gasteiger partial charge in [-0.1, -0.05) is 18.2 Å². The Kier molecular flexibility index (Phi) is 4.02. The molecule has 1 aliphatic heterocycles. The summed E-state index contributed by atoms with van der Waals surface area (Å²) in [5, 5.41) is 0. The molecule has 6 heteroatoms. The first-order valence-corrected chi connectivity index (χ1v) is 9.70. The van der Waals surface area contributed by atoms with Crippen LogP contribution < -0.4 is 4.74 Å². The second-order valence-corrected chi connectivity index (χ2v) is 8.42. The predicted molar refractivity (Wildman–Crippen MR) is 90.1 cm³/mol. The van der Waals surface area contributed by atoms with Gasteiger partial charge in [0.1, 0.15) is 11.9 Å². The maximum Gasteiger partial charge on any atom is 0.243 e. The SMILES string of the molecule is O=S(=O)(c1ccccc1)N1C[C@H]2CC[C@@H](Oc3cccnc3)[C@H]2C1. The van der Waals surface area contributed by atoms with E-state index in [1.54, 1.807) is 41.0 Å². The number of hydrogen-bond donors (Lipinski definition) is 0. The molecule has 3 atom stereocenters. The number of fused-ring (bicyclic) bond motifs is 1. The number of benzene rings is 1. The van der Waals surface area contributed by atoms with E-state index in [4.69, 9.17) is 4.74 Å². The summed E-state index contributed by atoms with van der Waals surface area (Å²) in [6, 6.07) is 12.4. The van der Waals surface area contributed by atoms with Crippen molar-refractivity contribution in [2.24, 2.45) is 11.8 Å². The third-order valence-corrected chi connectivity index (χ3v) is 6.91. The molecule has 1 aliphatic carbocycles. The van der Waals surface area contributed by atoms with Crippen LogP contribution in [-0.2, 0) is 10.0 Å². The summed E-state index contributed by atoms with van der Waals surface area (Å²) in [5.41, 5.74) is 0. The van der Waals surface area contributed by atoms with Crippen LogP contribution in [0.25, 0.3) is 0 Å². The third kappa shape index (κ3) is 2.80. The lowest BCUT2D eigenvalue weighted by atomic mass is 9.99. The molecule has 2 fully saturated rings. The average molecular weight is 344 g/mol. The van der Waals surface area contributed by atoms with Crippen LogP contribution in [0.1, 0.15) is 12.8 Å². The third-order valence-electron chi connectivity index (χ3n) is 5.06. The molecule has 24 heavy (non-hydrogen) atoms. The van der Waals surface area contributed by atoms with Crippen molar-refractivity contribution < 1.29 is 13.2 Å². The highest BCUT2D eigenvalue weighted by atomic mass is 32.2. The Bertz CT molecular complexity index is 796. The highest BCUT2D eigenvalue weighted by molar-refractivity contribution is 7.89. The smallest absolute Gasteiger partial charge is 0.243 e. The minimum atomic E-state index is -3.41. The Balaban J connectivity index is 1.50. The molecule has 126 valence electrons. The first kappa shape index (κ1) is 15.6. The number of hydrogen-bond acceptors (Lipinski definition) is 4. The molecule has 1 aromatic carbocycles. The first-order valence-electron chi connectivity index (χ1n) is 8.26. The first-order chi connectivity index (χ1) is 11.6. The summed E-state index contributed by atoms with van der Waals surface area (Å²) in [4.78, 5) is 4.44. The molecule has 4 rings (SSSR count). The summed E-state index contributed by atoms with van der Waals surface area (Å²) in [6.45, 7) is 1.13. The fourth-order valence-electron chi connectivity index (χ4n) is 3.85. The molecule has 0 bridgehead atoms. The van der Waals surface area contributed by atoms with Gasteiger partial charge in [-0.25, -0.2) is 8.42 Å². The monoisotopic (exact) mass is 344 g/mol. The van der Waals surface area contributed by atoms with E-state index in [1.165, 1.54) is 0 Å². The van der Waals surface area contributed by atoms with Crippen LogP contribution in [0.15, 0.2) is 59.8 Å². The topological polar surface area (TPSA) is 59.5 Å². The van der Waals surface area contributed by atoms with E-state index < -0.39 is 10.0 Å². The molecule has 2 heterocycles. The van der Waals surface area contributed by atoms with Crippen molar-refractivity contribution in [3.8, 4) is 5.75 Å².